The number of nitrogens with one attached hydrogen (secondary N) is 1. The number of benzene rings is 2. The molecule has 2 aromatic carbocycles. The average molecular weight is 502 g/mol. The number of rotatable bonds is 6. The summed E-state index contributed by atoms with van der Waals surface area (Å²) < 4.78 is 29.7. The first-order valence-corrected chi connectivity index (χ1v) is 11.7. The third-order valence-corrected chi connectivity index (χ3v) is 6.26. The smallest absolute Gasteiger partial charge is 0.294 e. The molecule has 7 nitrogen and oxygen atoms in total. The van der Waals surface area contributed by atoms with Gasteiger partial charge >= 0.3 is 5.91 Å². The van der Waals surface area contributed by atoms with Gasteiger partial charge in [-0.1, -0.05) is 19.1 Å². The van der Waals surface area contributed by atoms with E-state index in [2.05, 4.69) is 5.10 Å². The summed E-state index contributed by atoms with van der Waals surface area (Å²) in [5.41, 5.74) is 1.82. The molecule has 9 heteroatoms. The van der Waals surface area contributed by atoms with Crippen molar-refractivity contribution in [3.05, 3.63) is 117 Å². The van der Waals surface area contributed by atoms with Crippen molar-refractivity contribution in [1.82, 2.24) is 14.7 Å². The minimum absolute atomic E-state index is 0.0262. The maximum atomic E-state index is 13.8. The van der Waals surface area contributed by atoms with E-state index in [1.807, 2.05) is 19.9 Å². The van der Waals surface area contributed by atoms with Crippen LogP contribution >= 0.6 is 0 Å². The Morgan fingerprint density at radius 3 is 2.16 bits per heavy atom. The summed E-state index contributed by atoms with van der Waals surface area (Å²) in [7, 11) is 0. The van der Waals surface area contributed by atoms with Gasteiger partial charge in [-0.2, -0.15) is 4.57 Å². The minimum atomic E-state index is -0.629. The minimum Gasteiger partial charge on any atom is -0.294 e. The van der Waals surface area contributed by atoms with Crippen LogP contribution in [0.15, 0.2) is 77.9 Å². The van der Waals surface area contributed by atoms with Crippen LogP contribution in [0.25, 0.3) is 17.0 Å². The van der Waals surface area contributed by atoms with Gasteiger partial charge in [0.25, 0.3) is 17.2 Å². The molecule has 1 N–H and O–H groups in total. The molecule has 37 heavy (non-hydrogen) atoms. The molecule has 2 aromatic heterocycles. The third kappa shape index (κ3) is 4.29. The van der Waals surface area contributed by atoms with Crippen molar-refractivity contribution in [3.8, 4) is 5.69 Å². The van der Waals surface area contributed by atoms with Gasteiger partial charge in [-0.05, 0) is 61.4 Å². The molecule has 0 aliphatic carbocycles. The Kier molecular flexibility index (Phi) is 6.12. The highest BCUT2D eigenvalue weighted by molar-refractivity contribution is 6.44. The van der Waals surface area contributed by atoms with Crippen molar-refractivity contribution >= 4 is 23.1 Å². The molecule has 0 atom stereocenters. The molecule has 0 spiro atoms. The van der Waals surface area contributed by atoms with E-state index in [4.69, 9.17) is 0 Å². The van der Waals surface area contributed by atoms with E-state index in [1.54, 1.807) is 23.0 Å². The van der Waals surface area contributed by atoms with Crippen molar-refractivity contribution in [2.24, 2.45) is 0 Å². The van der Waals surface area contributed by atoms with E-state index in [0.29, 0.717) is 23.4 Å². The molecule has 4 aromatic rings. The summed E-state index contributed by atoms with van der Waals surface area (Å²) in [5, 5.41) is 3.02. The summed E-state index contributed by atoms with van der Waals surface area (Å²) in [6.45, 7) is 3.58. The largest absolute Gasteiger partial charge is 0.327 e. The predicted octanol–water partition coefficient (Wildman–Crippen LogP) is 3.54. The summed E-state index contributed by atoms with van der Waals surface area (Å²) in [6.07, 6.45) is 3.72. The maximum Gasteiger partial charge on any atom is 0.327 e. The first-order chi connectivity index (χ1) is 17.8. The lowest BCUT2D eigenvalue weighted by atomic mass is 10.0. The second-order valence-electron chi connectivity index (χ2n) is 8.77. The highest BCUT2D eigenvalue weighted by atomic mass is 19.1. The number of hydrogen-bond acceptors (Lipinski definition) is 3. The van der Waals surface area contributed by atoms with E-state index < -0.39 is 29.0 Å². The number of carbonyl (C=O) groups excluding carboxylic acids is 2. The Bertz CT molecular complexity index is 1620. The van der Waals surface area contributed by atoms with Crippen molar-refractivity contribution in [1.29, 1.82) is 0 Å². The fourth-order valence-electron chi connectivity index (χ4n) is 4.44. The van der Waals surface area contributed by atoms with Gasteiger partial charge in [0.05, 0.1) is 17.8 Å². The van der Waals surface area contributed by atoms with Gasteiger partial charge in [0.15, 0.2) is 12.4 Å². The number of carbonyl (C=O) groups is 2. The van der Waals surface area contributed by atoms with E-state index in [1.165, 1.54) is 53.2 Å². The van der Waals surface area contributed by atoms with Gasteiger partial charge in [0.1, 0.15) is 17.2 Å². The van der Waals surface area contributed by atoms with Gasteiger partial charge in [-0.15, -0.1) is 0 Å². The predicted molar refractivity (Wildman–Crippen MR) is 132 cm³/mol. The molecule has 0 unspecified atom stereocenters. The first-order valence-electron chi connectivity index (χ1n) is 11.7. The van der Waals surface area contributed by atoms with Crippen LogP contribution in [-0.4, -0.2) is 26.5 Å². The van der Waals surface area contributed by atoms with E-state index in [9.17, 15) is 23.2 Å². The number of pyridine rings is 1. The van der Waals surface area contributed by atoms with Crippen molar-refractivity contribution in [3.63, 3.8) is 0 Å². The Labute approximate surface area is 210 Å². The fourth-order valence-corrected chi connectivity index (χ4v) is 4.44. The zero-order valence-electron chi connectivity index (χ0n) is 20.2. The molecule has 2 amide bonds. The Balaban J connectivity index is 1.70. The molecule has 186 valence electrons. The summed E-state index contributed by atoms with van der Waals surface area (Å²) in [5.74, 6) is -2.08. The van der Waals surface area contributed by atoms with Crippen LogP contribution in [0.1, 0.15) is 29.3 Å². The van der Waals surface area contributed by atoms with Crippen LogP contribution in [0.5, 0.6) is 0 Å². The number of halogens is 2. The fraction of sp³-hybridized carbons (Fsp3) is 0.143. The number of aromatic nitrogens is 3. The summed E-state index contributed by atoms with van der Waals surface area (Å²) in [6, 6.07) is 14.5. The summed E-state index contributed by atoms with van der Waals surface area (Å²) >= 11 is 0. The van der Waals surface area contributed by atoms with Crippen LogP contribution in [0, 0.1) is 18.6 Å². The molecule has 0 radical (unpaired) electrons. The normalized spacial score (nSPS) is 13.7. The molecule has 0 fully saturated rings. The van der Waals surface area contributed by atoms with Gasteiger partial charge in [0, 0.05) is 17.3 Å². The Morgan fingerprint density at radius 2 is 1.54 bits per heavy atom. The molecular weight excluding hydrogens is 478 g/mol. The van der Waals surface area contributed by atoms with Gasteiger partial charge in [-0.25, -0.2) is 13.5 Å². The molecule has 0 saturated carbocycles. The van der Waals surface area contributed by atoms with Crippen LogP contribution in [0.4, 0.5) is 8.78 Å². The van der Waals surface area contributed by atoms with Crippen molar-refractivity contribution < 1.29 is 22.9 Å². The van der Waals surface area contributed by atoms with Crippen molar-refractivity contribution in [2.45, 2.75) is 26.8 Å². The van der Waals surface area contributed by atoms with Crippen LogP contribution < -0.4 is 10.1 Å². The highest BCUT2D eigenvalue weighted by Crippen LogP contribution is 2.31. The highest BCUT2D eigenvalue weighted by Gasteiger charge is 2.47. The summed E-state index contributed by atoms with van der Waals surface area (Å²) in [4.78, 5) is 42.3. The average Bonchev–Trinajstić information content (AvgIpc) is 3.33. The van der Waals surface area contributed by atoms with Crippen molar-refractivity contribution in [2.75, 3.05) is 0 Å². The van der Waals surface area contributed by atoms with Gasteiger partial charge < -0.3 is 0 Å². The zero-order chi connectivity index (χ0) is 26.3. The molecule has 5 rings (SSSR count). The monoisotopic (exact) mass is 501 g/mol. The number of aromatic amines is 1. The number of H-pyrrole nitrogens is 1. The van der Waals surface area contributed by atoms with E-state index in [-0.39, 0.29) is 23.4 Å². The molecule has 1 aliphatic rings. The topological polar surface area (TPSA) is 79.1 Å². The lowest BCUT2D eigenvalue weighted by Gasteiger charge is -2.14. The number of imide groups is 1. The number of hydrogen-bond donors (Lipinski definition) is 1. The lowest BCUT2D eigenvalue weighted by molar-refractivity contribution is -0.577. The third-order valence-electron chi connectivity index (χ3n) is 6.26. The van der Waals surface area contributed by atoms with E-state index >= 15 is 0 Å². The molecule has 3 heterocycles. The van der Waals surface area contributed by atoms with Crippen LogP contribution in [0.3, 0.4) is 0 Å². The maximum absolute atomic E-state index is 13.8. The zero-order valence-corrected chi connectivity index (χ0v) is 20.2. The van der Waals surface area contributed by atoms with Gasteiger partial charge in [0.2, 0.25) is 0 Å². The van der Waals surface area contributed by atoms with Gasteiger partial charge in [-0.3, -0.25) is 24.4 Å². The molecular formula is C28H23F2N4O3+. The molecule has 0 saturated heterocycles. The van der Waals surface area contributed by atoms with E-state index in [0.717, 1.165) is 10.5 Å². The molecule has 0 bridgehead atoms. The number of aryl methyl sites for hydroxylation is 2. The second kappa shape index (κ2) is 9.42. The Morgan fingerprint density at radius 1 is 0.892 bits per heavy atom. The Hall–Kier alpha value is -4.66. The van der Waals surface area contributed by atoms with Crippen LogP contribution in [0.2, 0.25) is 0 Å². The first kappa shape index (κ1) is 24.1. The number of nitrogens with zero attached hydrogens (tertiary/aromatic N) is 3. The molecule has 1 aliphatic heterocycles. The quantitative estimate of drug-likeness (QED) is 0.324. The standard InChI is InChI=1S/C28H22F2N4O3/c1-3-22-23(27(36)34(31-22)21-12-10-20(30)11-13-21)24-25(32-14-4-5-17(2)15-32)28(37)33(26(24)35)16-18-6-8-19(29)9-7-18/h4-15H,3,16H2,1-2H3/p+1. The number of amides is 2. The van der Waals surface area contributed by atoms with Crippen LogP contribution in [-0.2, 0) is 22.6 Å². The lowest BCUT2D eigenvalue weighted by Crippen LogP contribution is -2.39. The second-order valence-corrected chi connectivity index (χ2v) is 8.77. The SMILES string of the molecule is CCc1[nH]n(-c2ccc(F)cc2)c(=O)c1C1=C([n+]2cccc(C)c2)C(=O)N(Cc2ccc(F)cc2)C1=O.